The minimum atomic E-state index is 0.129. The predicted molar refractivity (Wildman–Crippen MR) is 73.3 cm³/mol. The average molecular weight is 327 g/mol. The third kappa shape index (κ3) is 2.27. The fourth-order valence-corrected chi connectivity index (χ4v) is 2.23. The molecule has 0 amide bonds. The summed E-state index contributed by atoms with van der Waals surface area (Å²) in [7, 11) is 0. The van der Waals surface area contributed by atoms with Crippen molar-refractivity contribution in [2.24, 2.45) is 5.73 Å². The van der Waals surface area contributed by atoms with Gasteiger partial charge in [-0.2, -0.15) is 5.10 Å². The molecule has 0 saturated heterocycles. The first-order chi connectivity index (χ1) is 7.72. The van der Waals surface area contributed by atoms with Crippen LogP contribution in [0.1, 0.15) is 17.2 Å². The van der Waals surface area contributed by atoms with Gasteiger partial charge in [0.15, 0.2) is 0 Å². The molecule has 1 atom stereocenters. The number of halogens is 1. The van der Waals surface area contributed by atoms with E-state index in [2.05, 4.69) is 46.7 Å². The molecule has 0 bridgehead atoms. The van der Waals surface area contributed by atoms with Crippen molar-refractivity contribution in [3.8, 4) is 0 Å². The maximum atomic E-state index is 5.85. The van der Waals surface area contributed by atoms with Crippen LogP contribution in [0.3, 0.4) is 0 Å². The van der Waals surface area contributed by atoms with Crippen LogP contribution in [0.2, 0.25) is 0 Å². The monoisotopic (exact) mass is 327 g/mol. The van der Waals surface area contributed by atoms with E-state index in [1.165, 1.54) is 11.1 Å². The lowest BCUT2D eigenvalue weighted by Crippen LogP contribution is -2.21. The molecule has 0 aliphatic rings. The lowest BCUT2D eigenvalue weighted by Gasteiger charge is -2.17. The van der Waals surface area contributed by atoms with Crippen LogP contribution < -0.4 is 5.73 Å². The van der Waals surface area contributed by atoms with Crippen molar-refractivity contribution in [1.29, 1.82) is 0 Å². The summed E-state index contributed by atoms with van der Waals surface area (Å²) < 4.78 is 3.06. The Kier molecular flexibility index (Phi) is 3.60. The molecule has 84 valence electrons. The number of benzene rings is 1. The van der Waals surface area contributed by atoms with Crippen LogP contribution in [-0.2, 0) is 0 Å². The van der Waals surface area contributed by atoms with Gasteiger partial charge in [0.1, 0.15) is 0 Å². The van der Waals surface area contributed by atoms with Crippen molar-refractivity contribution in [3.63, 3.8) is 0 Å². The number of hydrogen-bond acceptors (Lipinski definition) is 2. The molecule has 0 saturated carbocycles. The standard InChI is InChI=1S/C12H14IN3/c1-9-4-2-3-5-11(9)12(6-14)16-8-10(13)7-15-16/h2-5,7-8,12H,6,14H2,1H3. The zero-order chi connectivity index (χ0) is 11.5. The minimum absolute atomic E-state index is 0.129. The summed E-state index contributed by atoms with van der Waals surface area (Å²) in [6.45, 7) is 2.66. The first-order valence-electron chi connectivity index (χ1n) is 5.17. The van der Waals surface area contributed by atoms with E-state index in [0.717, 1.165) is 3.57 Å². The minimum Gasteiger partial charge on any atom is -0.328 e. The Balaban J connectivity index is 2.40. The van der Waals surface area contributed by atoms with E-state index in [0.29, 0.717) is 6.54 Å². The van der Waals surface area contributed by atoms with Gasteiger partial charge in [0.2, 0.25) is 0 Å². The Bertz CT molecular complexity index is 479. The quantitative estimate of drug-likeness (QED) is 0.880. The molecule has 2 rings (SSSR count). The van der Waals surface area contributed by atoms with Crippen molar-refractivity contribution in [2.75, 3.05) is 6.54 Å². The Morgan fingerprint density at radius 3 is 2.75 bits per heavy atom. The van der Waals surface area contributed by atoms with Crippen molar-refractivity contribution < 1.29 is 0 Å². The van der Waals surface area contributed by atoms with Crippen molar-refractivity contribution >= 4 is 22.6 Å². The van der Waals surface area contributed by atoms with Gasteiger partial charge < -0.3 is 5.73 Å². The third-order valence-corrected chi connectivity index (χ3v) is 3.22. The van der Waals surface area contributed by atoms with E-state index in [-0.39, 0.29) is 6.04 Å². The fraction of sp³-hybridized carbons (Fsp3) is 0.250. The van der Waals surface area contributed by atoms with Gasteiger partial charge in [-0.05, 0) is 40.6 Å². The van der Waals surface area contributed by atoms with Gasteiger partial charge in [-0.1, -0.05) is 24.3 Å². The summed E-state index contributed by atoms with van der Waals surface area (Å²) in [5.74, 6) is 0. The molecular formula is C12H14IN3. The molecule has 1 heterocycles. The molecule has 0 fully saturated rings. The van der Waals surface area contributed by atoms with Crippen LogP contribution in [-0.4, -0.2) is 16.3 Å². The normalized spacial score (nSPS) is 12.7. The molecule has 3 nitrogen and oxygen atoms in total. The maximum Gasteiger partial charge on any atom is 0.0893 e. The van der Waals surface area contributed by atoms with Crippen molar-refractivity contribution in [2.45, 2.75) is 13.0 Å². The molecular weight excluding hydrogens is 313 g/mol. The number of aryl methyl sites for hydroxylation is 1. The molecule has 2 N–H and O–H groups in total. The van der Waals surface area contributed by atoms with Gasteiger partial charge in [-0.25, -0.2) is 0 Å². The number of rotatable bonds is 3. The Labute approximate surface area is 109 Å². The van der Waals surface area contributed by atoms with Crippen molar-refractivity contribution in [1.82, 2.24) is 9.78 Å². The molecule has 0 radical (unpaired) electrons. The highest BCUT2D eigenvalue weighted by atomic mass is 127. The number of nitrogens with zero attached hydrogens (tertiary/aromatic N) is 2. The molecule has 0 aliphatic carbocycles. The summed E-state index contributed by atoms with van der Waals surface area (Å²) in [5, 5.41) is 4.33. The van der Waals surface area contributed by atoms with Gasteiger partial charge >= 0.3 is 0 Å². The summed E-state index contributed by atoms with van der Waals surface area (Å²) in [5.41, 5.74) is 8.35. The Hall–Kier alpha value is -0.880. The SMILES string of the molecule is Cc1ccccc1C(CN)n1cc(I)cn1. The van der Waals surface area contributed by atoms with Crippen LogP contribution in [0.25, 0.3) is 0 Å². The third-order valence-electron chi connectivity index (χ3n) is 2.66. The number of nitrogens with two attached hydrogens (primary N) is 1. The first kappa shape index (κ1) is 11.6. The molecule has 0 aliphatic heterocycles. The number of hydrogen-bond donors (Lipinski definition) is 1. The summed E-state index contributed by atoms with van der Waals surface area (Å²) in [6.07, 6.45) is 3.87. The van der Waals surface area contributed by atoms with E-state index in [9.17, 15) is 0 Å². The Morgan fingerprint density at radius 2 is 2.19 bits per heavy atom. The molecule has 1 unspecified atom stereocenters. The molecule has 1 aromatic heterocycles. The molecule has 0 spiro atoms. The van der Waals surface area contributed by atoms with Crippen LogP contribution in [0.5, 0.6) is 0 Å². The van der Waals surface area contributed by atoms with Crippen LogP contribution in [0.4, 0.5) is 0 Å². The second-order valence-corrected chi connectivity index (χ2v) is 4.99. The van der Waals surface area contributed by atoms with E-state index in [1.807, 2.05) is 29.2 Å². The van der Waals surface area contributed by atoms with Crippen LogP contribution in [0.15, 0.2) is 36.7 Å². The smallest absolute Gasteiger partial charge is 0.0893 e. The van der Waals surface area contributed by atoms with Gasteiger partial charge in [0.05, 0.1) is 15.8 Å². The second-order valence-electron chi connectivity index (χ2n) is 3.75. The summed E-state index contributed by atoms with van der Waals surface area (Å²) in [4.78, 5) is 0. The number of aromatic nitrogens is 2. The summed E-state index contributed by atoms with van der Waals surface area (Å²) in [6, 6.07) is 8.43. The highest BCUT2D eigenvalue weighted by Gasteiger charge is 2.14. The Morgan fingerprint density at radius 1 is 1.44 bits per heavy atom. The average Bonchev–Trinajstić information content (AvgIpc) is 2.69. The highest BCUT2D eigenvalue weighted by Crippen LogP contribution is 2.20. The molecule has 2 aromatic rings. The molecule has 16 heavy (non-hydrogen) atoms. The largest absolute Gasteiger partial charge is 0.328 e. The van der Waals surface area contributed by atoms with Gasteiger partial charge in [0.25, 0.3) is 0 Å². The maximum absolute atomic E-state index is 5.85. The van der Waals surface area contributed by atoms with Crippen LogP contribution >= 0.6 is 22.6 Å². The van der Waals surface area contributed by atoms with Gasteiger partial charge in [-0.15, -0.1) is 0 Å². The topological polar surface area (TPSA) is 43.8 Å². The fourth-order valence-electron chi connectivity index (χ4n) is 1.82. The van der Waals surface area contributed by atoms with E-state index in [1.54, 1.807) is 0 Å². The highest BCUT2D eigenvalue weighted by molar-refractivity contribution is 14.1. The van der Waals surface area contributed by atoms with E-state index in [4.69, 9.17) is 5.73 Å². The van der Waals surface area contributed by atoms with Crippen LogP contribution in [0, 0.1) is 10.5 Å². The van der Waals surface area contributed by atoms with E-state index < -0.39 is 0 Å². The zero-order valence-electron chi connectivity index (χ0n) is 9.10. The first-order valence-corrected chi connectivity index (χ1v) is 6.25. The lowest BCUT2D eigenvalue weighted by molar-refractivity contribution is 0.529. The molecule has 4 heteroatoms. The summed E-state index contributed by atoms with van der Waals surface area (Å²) >= 11 is 2.25. The zero-order valence-corrected chi connectivity index (χ0v) is 11.3. The predicted octanol–water partition coefficient (Wildman–Crippen LogP) is 2.34. The van der Waals surface area contributed by atoms with Gasteiger partial charge in [-0.3, -0.25) is 4.68 Å². The van der Waals surface area contributed by atoms with E-state index >= 15 is 0 Å². The molecule has 1 aromatic carbocycles. The second kappa shape index (κ2) is 4.97. The lowest BCUT2D eigenvalue weighted by atomic mass is 10.0. The van der Waals surface area contributed by atoms with Crippen molar-refractivity contribution in [3.05, 3.63) is 51.4 Å². The van der Waals surface area contributed by atoms with Gasteiger partial charge in [0, 0.05) is 12.7 Å².